The molecule has 2 aromatic rings. The number of nitrogens with zero attached hydrogens (tertiary/aromatic N) is 1. The van der Waals surface area contributed by atoms with E-state index in [1.54, 1.807) is 24.1 Å². The van der Waals surface area contributed by atoms with Gasteiger partial charge in [0.2, 0.25) is 5.91 Å². The maximum Gasteiger partial charge on any atom is 0.234 e. The molecule has 0 aromatic heterocycles. The molecule has 128 valence electrons. The van der Waals surface area contributed by atoms with Crippen molar-refractivity contribution in [2.24, 2.45) is 0 Å². The lowest BCUT2D eigenvalue weighted by Crippen LogP contribution is -2.36. The summed E-state index contributed by atoms with van der Waals surface area (Å²) in [6.07, 6.45) is 0. The topological polar surface area (TPSA) is 32.3 Å². The third-order valence-electron chi connectivity index (χ3n) is 3.86. The molecule has 0 saturated carbocycles. The average molecular weight is 353 g/mol. The van der Waals surface area contributed by atoms with Crippen molar-refractivity contribution in [3.63, 3.8) is 0 Å². The van der Waals surface area contributed by atoms with Gasteiger partial charge < -0.3 is 5.32 Å². The van der Waals surface area contributed by atoms with Crippen molar-refractivity contribution in [2.75, 3.05) is 13.6 Å². The Kier molecular flexibility index (Phi) is 6.29. The van der Waals surface area contributed by atoms with Crippen LogP contribution in [0.2, 0.25) is 5.02 Å². The monoisotopic (exact) mass is 352 g/mol. The highest BCUT2D eigenvalue weighted by Crippen LogP contribution is 2.20. The molecule has 0 radical (unpaired) electrons. The summed E-state index contributed by atoms with van der Waals surface area (Å²) in [7, 11) is 1.75. The number of amides is 1. The van der Waals surface area contributed by atoms with Crippen molar-refractivity contribution < 1.29 is 13.6 Å². The predicted octanol–water partition coefficient (Wildman–Crippen LogP) is 3.93. The van der Waals surface area contributed by atoms with Crippen LogP contribution in [-0.2, 0) is 11.3 Å². The Hall–Kier alpha value is -1.98. The molecule has 0 spiro atoms. The smallest absolute Gasteiger partial charge is 0.234 e. The maximum atomic E-state index is 13.3. The highest BCUT2D eigenvalue weighted by molar-refractivity contribution is 6.30. The molecule has 0 fully saturated rings. The van der Waals surface area contributed by atoms with E-state index in [4.69, 9.17) is 11.6 Å². The third-order valence-corrected chi connectivity index (χ3v) is 4.09. The normalized spacial score (nSPS) is 12.2. The number of carbonyl (C=O) groups excluding carboxylic acids is 1. The van der Waals surface area contributed by atoms with Crippen LogP contribution in [0.15, 0.2) is 42.5 Å². The van der Waals surface area contributed by atoms with E-state index in [9.17, 15) is 13.6 Å². The van der Waals surface area contributed by atoms with E-state index in [1.807, 2.05) is 19.1 Å². The maximum absolute atomic E-state index is 13.3. The number of likely N-dealkylation sites (N-methyl/N-ethyl adjacent to an activating group) is 1. The van der Waals surface area contributed by atoms with Crippen LogP contribution >= 0.6 is 11.6 Å². The molecule has 3 nitrogen and oxygen atoms in total. The van der Waals surface area contributed by atoms with Crippen LogP contribution in [0.4, 0.5) is 8.78 Å². The minimum absolute atomic E-state index is 0.140. The largest absolute Gasteiger partial charge is 0.351 e. The molecule has 2 aromatic carbocycles. The Balaban J connectivity index is 1.89. The molecule has 0 aliphatic rings. The van der Waals surface area contributed by atoms with Gasteiger partial charge in [-0.25, -0.2) is 8.78 Å². The van der Waals surface area contributed by atoms with E-state index < -0.39 is 11.6 Å². The standard InChI is InChI=1S/C18H19ClF2N2O/c1-12(14-6-7-16(20)17(21)9-14)23(2)11-18(24)22-10-13-4-3-5-15(19)8-13/h3-9,12H,10-11H2,1-2H3,(H,22,24). The summed E-state index contributed by atoms with van der Waals surface area (Å²) < 4.78 is 26.3. The predicted molar refractivity (Wildman–Crippen MR) is 90.7 cm³/mol. The van der Waals surface area contributed by atoms with Crippen molar-refractivity contribution in [3.8, 4) is 0 Å². The first-order valence-electron chi connectivity index (χ1n) is 7.53. The van der Waals surface area contributed by atoms with Gasteiger partial charge in [-0.15, -0.1) is 0 Å². The Bertz CT molecular complexity index is 724. The van der Waals surface area contributed by atoms with Crippen molar-refractivity contribution >= 4 is 17.5 Å². The van der Waals surface area contributed by atoms with Crippen LogP contribution in [0, 0.1) is 11.6 Å². The molecule has 24 heavy (non-hydrogen) atoms. The Morgan fingerprint density at radius 2 is 1.96 bits per heavy atom. The van der Waals surface area contributed by atoms with Gasteiger partial charge in [0.05, 0.1) is 6.54 Å². The van der Waals surface area contributed by atoms with Crippen LogP contribution in [0.25, 0.3) is 0 Å². The summed E-state index contributed by atoms with van der Waals surface area (Å²) in [6.45, 7) is 2.35. The van der Waals surface area contributed by atoms with Crippen molar-refractivity contribution in [1.82, 2.24) is 10.2 Å². The van der Waals surface area contributed by atoms with Crippen LogP contribution in [0.3, 0.4) is 0 Å². The molecule has 0 heterocycles. The van der Waals surface area contributed by atoms with E-state index in [2.05, 4.69) is 5.32 Å². The van der Waals surface area contributed by atoms with Gasteiger partial charge in [0, 0.05) is 17.6 Å². The highest BCUT2D eigenvalue weighted by Gasteiger charge is 2.16. The molecule has 1 atom stereocenters. The van der Waals surface area contributed by atoms with E-state index in [-0.39, 0.29) is 18.5 Å². The van der Waals surface area contributed by atoms with Crippen molar-refractivity contribution in [2.45, 2.75) is 19.5 Å². The average Bonchev–Trinajstić information content (AvgIpc) is 2.55. The molecular formula is C18H19ClF2N2O. The molecule has 0 aliphatic heterocycles. The number of benzene rings is 2. The number of hydrogen-bond donors (Lipinski definition) is 1. The molecule has 1 N–H and O–H groups in total. The van der Waals surface area contributed by atoms with Gasteiger partial charge in [-0.1, -0.05) is 29.8 Å². The van der Waals surface area contributed by atoms with Gasteiger partial charge in [0.15, 0.2) is 11.6 Å². The Morgan fingerprint density at radius 1 is 1.21 bits per heavy atom. The number of halogens is 3. The second kappa shape index (κ2) is 8.22. The van der Waals surface area contributed by atoms with Gasteiger partial charge in [-0.3, -0.25) is 9.69 Å². The summed E-state index contributed by atoms with van der Waals surface area (Å²) in [5.74, 6) is -1.93. The Labute approximate surface area is 145 Å². The third kappa shape index (κ3) is 5.01. The van der Waals surface area contributed by atoms with Gasteiger partial charge in [-0.2, -0.15) is 0 Å². The minimum Gasteiger partial charge on any atom is -0.351 e. The highest BCUT2D eigenvalue weighted by atomic mass is 35.5. The molecule has 1 amide bonds. The van der Waals surface area contributed by atoms with Crippen molar-refractivity contribution in [3.05, 3.63) is 70.2 Å². The zero-order valence-corrected chi connectivity index (χ0v) is 14.3. The van der Waals surface area contributed by atoms with E-state index in [0.29, 0.717) is 17.1 Å². The quantitative estimate of drug-likeness (QED) is 0.854. The lowest BCUT2D eigenvalue weighted by Gasteiger charge is -2.24. The lowest BCUT2D eigenvalue weighted by molar-refractivity contribution is -0.122. The number of rotatable bonds is 6. The molecule has 0 aliphatic carbocycles. The first kappa shape index (κ1) is 18.4. The number of nitrogens with one attached hydrogen (secondary N) is 1. The van der Waals surface area contributed by atoms with E-state index >= 15 is 0 Å². The zero-order chi connectivity index (χ0) is 17.7. The van der Waals surface area contributed by atoms with E-state index in [0.717, 1.165) is 17.7 Å². The first-order valence-corrected chi connectivity index (χ1v) is 7.91. The SMILES string of the molecule is CC(c1ccc(F)c(F)c1)N(C)CC(=O)NCc1cccc(Cl)c1. The number of hydrogen-bond acceptors (Lipinski definition) is 2. The van der Waals surface area contributed by atoms with Gasteiger partial charge in [0.25, 0.3) is 0 Å². The lowest BCUT2D eigenvalue weighted by atomic mass is 10.1. The molecule has 2 rings (SSSR count). The molecular weight excluding hydrogens is 334 g/mol. The van der Waals surface area contributed by atoms with Crippen LogP contribution in [0.1, 0.15) is 24.1 Å². The molecule has 0 saturated heterocycles. The number of carbonyl (C=O) groups is 1. The summed E-state index contributed by atoms with van der Waals surface area (Å²) in [4.78, 5) is 13.8. The molecule has 6 heteroatoms. The molecule has 0 bridgehead atoms. The van der Waals surface area contributed by atoms with Crippen LogP contribution in [0.5, 0.6) is 0 Å². The van der Waals surface area contributed by atoms with Gasteiger partial charge in [-0.05, 0) is 49.4 Å². The van der Waals surface area contributed by atoms with Crippen LogP contribution in [-0.4, -0.2) is 24.4 Å². The van der Waals surface area contributed by atoms with Crippen LogP contribution < -0.4 is 5.32 Å². The Morgan fingerprint density at radius 3 is 2.62 bits per heavy atom. The zero-order valence-electron chi connectivity index (χ0n) is 13.5. The van der Waals surface area contributed by atoms with Gasteiger partial charge in [0.1, 0.15) is 0 Å². The summed E-state index contributed by atoms with van der Waals surface area (Å²) in [6, 6.07) is 10.8. The molecule has 1 unspecified atom stereocenters. The van der Waals surface area contributed by atoms with Crippen molar-refractivity contribution in [1.29, 1.82) is 0 Å². The van der Waals surface area contributed by atoms with Gasteiger partial charge >= 0.3 is 0 Å². The summed E-state index contributed by atoms with van der Waals surface area (Å²) in [5.41, 5.74) is 1.52. The fourth-order valence-corrected chi connectivity index (χ4v) is 2.51. The second-order valence-electron chi connectivity index (χ2n) is 5.67. The fourth-order valence-electron chi connectivity index (χ4n) is 2.29. The minimum atomic E-state index is -0.891. The summed E-state index contributed by atoms with van der Waals surface area (Å²) >= 11 is 5.90. The first-order chi connectivity index (χ1) is 11.4. The second-order valence-corrected chi connectivity index (χ2v) is 6.11. The van der Waals surface area contributed by atoms with E-state index in [1.165, 1.54) is 6.07 Å². The fraction of sp³-hybridized carbons (Fsp3) is 0.278. The summed E-state index contributed by atoms with van der Waals surface area (Å²) in [5, 5.41) is 3.43.